The van der Waals surface area contributed by atoms with Gasteiger partial charge in [0.25, 0.3) is 0 Å². The fourth-order valence-corrected chi connectivity index (χ4v) is 2.20. The van der Waals surface area contributed by atoms with Crippen molar-refractivity contribution in [2.24, 2.45) is 5.92 Å². The summed E-state index contributed by atoms with van der Waals surface area (Å²) in [5.41, 5.74) is 1.42. The standard InChI is InChI=1S/C14H25N3O/c1-14(2,3)15-10-13-4-7-16-17(13)11-12-5-8-18-9-6-12/h4,7,12,15H,5-6,8-11H2,1-3H3. The van der Waals surface area contributed by atoms with Crippen molar-refractivity contribution < 1.29 is 4.74 Å². The summed E-state index contributed by atoms with van der Waals surface area (Å²) in [5, 5.41) is 7.96. The molecule has 0 spiro atoms. The van der Waals surface area contributed by atoms with Crippen molar-refractivity contribution in [1.82, 2.24) is 15.1 Å². The lowest BCUT2D eigenvalue weighted by molar-refractivity contribution is 0.0598. The van der Waals surface area contributed by atoms with E-state index < -0.39 is 0 Å². The number of nitrogens with one attached hydrogen (secondary N) is 1. The predicted octanol–water partition coefficient (Wildman–Crippen LogP) is 2.20. The van der Waals surface area contributed by atoms with E-state index in [0.29, 0.717) is 5.92 Å². The van der Waals surface area contributed by atoms with Crippen LogP contribution in [0, 0.1) is 5.92 Å². The summed E-state index contributed by atoms with van der Waals surface area (Å²) < 4.78 is 7.55. The second kappa shape index (κ2) is 5.85. The molecule has 2 heterocycles. The molecule has 0 atom stereocenters. The van der Waals surface area contributed by atoms with Crippen molar-refractivity contribution in [2.45, 2.75) is 52.2 Å². The highest BCUT2D eigenvalue weighted by Crippen LogP contribution is 2.17. The van der Waals surface area contributed by atoms with Crippen LogP contribution >= 0.6 is 0 Å². The smallest absolute Gasteiger partial charge is 0.0522 e. The lowest BCUT2D eigenvalue weighted by Crippen LogP contribution is -2.36. The van der Waals surface area contributed by atoms with Gasteiger partial charge in [0.2, 0.25) is 0 Å². The van der Waals surface area contributed by atoms with Gasteiger partial charge in [-0.25, -0.2) is 0 Å². The van der Waals surface area contributed by atoms with E-state index in [9.17, 15) is 0 Å². The van der Waals surface area contributed by atoms with E-state index in [4.69, 9.17) is 4.74 Å². The number of hydrogen-bond acceptors (Lipinski definition) is 3. The van der Waals surface area contributed by atoms with Gasteiger partial charge in [-0.1, -0.05) is 0 Å². The Balaban J connectivity index is 1.90. The zero-order chi connectivity index (χ0) is 13.0. The van der Waals surface area contributed by atoms with E-state index in [-0.39, 0.29) is 5.54 Å². The zero-order valence-electron chi connectivity index (χ0n) is 11.8. The molecule has 4 heteroatoms. The van der Waals surface area contributed by atoms with E-state index in [0.717, 1.165) is 39.1 Å². The normalized spacial score (nSPS) is 18.2. The van der Waals surface area contributed by atoms with Gasteiger partial charge in [0.1, 0.15) is 0 Å². The van der Waals surface area contributed by atoms with Gasteiger partial charge < -0.3 is 10.1 Å². The van der Waals surface area contributed by atoms with Crippen LogP contribution < -0.4 is 5.32 Å². The molecular weight excluding hydrogens is 226 g/mol. The number of ether oxygens (including phenoxy) is 1. The monoisotopic (exact) mass is 251 g/mol. The average molecular weight is 251 g/mol. The molecule has 0 unspecified atom stereocenters. The Morgan fingerprint density at radius 3 is 2.78 bits per heavy atom. The van der Waals surface area contributed by atoms with Crippen LogP contribution in [0.25, 0.3) is 0 Å². The van der Waals surface area contributed by atoms with Crippen LogP contribution in [0.2, 0.25) is 0 Å². The van der Waals surface area contributed by atoms with Crippen molar-refractivity contribution in [3.8, 4) is 0 Å². The van der Waals surface area contributed by atoms with E-state index in [1.54, 1.807) is 0 Å². The van der Waals surface area contributed by atoms with Gasteiger partial charge >= 0.3 is 0 Å². The maximum atomic E-state index is 5.40. The van der Waals surface area contributed by atoms with Crippen molar-refractivity contribution in [3.63, 3.8) is 0 Å². The molecule has 1 aromatic heterocycles. The van der Waals surface area contributed by atoms with Crippen LogP contribution in [0.3, 0.4) is 0 Å². The highest BCUT2D eigenvalue weighted by Gasteiger charge is 2.16. The molecule has 2 rings (SSSR count). The van der Waals surface area contributed by atoms with Gasteiger partial charge in [0.05, 0.1) is 5.69 Å². The topological polar surface area (TPSA) is 39.1 Å². The molecule has 4 nitrogen and oxygen atoms in total. The SMILES string of the molecule is CC(C)(C)NCc1ccnn1CC1CCOCC1. The minimum atomic E-state index is 0.147. The first-order valence-electron chi connectivity index (χ1n) is 6.88. The van der Waals surface area contributed by atoms with E-state index in [2.05, 4.69) is 41.9 Å². The van der Waals surface area contributed by atoms with E-state index in [1.807, 2.05) is 6.20 Å². The van der Waals surface area contributed by atoms with E-state index >= 15 is 0 Å². The van der Waals surface area contributed by atoms with Crippen molar-refractivity contribution >= 4 is 0 Å². The van der Waals surface area contributed by atoms with Crippen molar-refractivity contribution in [2.75, 3.05) is 13.2 Å². The first-order chi connectivity index (χ1) is 8.54. The van der Waals surface area contributed by atoms with Gasteiger partial charge in [-0.3, -0.25) is 4.68 Å². The zero-order valence-corrected chi connectivity index (χ0v) is 11.8. The lowest BCUT2D eigenvalue weighted by Gasteiger charge is -2.24. The summed E-state index contributed by atoms with van der Waals surface area (Å²) in [5.74, 6) is 0.715. The number of hydrogen-bond donors (Lipinski definition) is 1. The Labute approximate surface area is 110 Å². The van der Waals surface area contributed by atoms with Crippen LogP contribution in [0.4, 0.5) is 0 Å². The van der Waals surface area contributed by atoms with Gasteiger partial charge in [-0.15, -0.1) is 0 Å². The molecule has 102 valence electrons. The fraction of sp³-hybridized carbons (Fsp3) is 0.786. The predicted molar refractivity (Wildman–Crippen MR) is 72.4 cm³/mol. The maximum absolute atomic E-state index is 5.40. The summed E-state index contributed by atoms with van der Waals surface area (Å²) in [6, 6.07) is 2.11. The largest absolute Gasteiger partial charge is 0.381 e. The Kier molecular flexibility index (Phi) is 4.40. The summed E-state index contributed by atoms with van der Waals surface area (Å²) in [6.07, 6.45) is 4.22. The van der Waals surface area contributed by atoms with E-state index in [1.165, 1.54) is 5.69 Å². The Hall–Kier alpha value is -0.870. The highest BCUT2D eigenvalue weighted by atomic mass is 16.5. The third kappa shape index (κ3) is 4.10. The third-order valence-electron chi connectivity index (χ3n) is 3.38. The molecule has 18 heavy (non-hydrogen) atoms. The van der Waals surface area contributed by atoms with Crippen molar-refractivity contribution in [3.05, 3.63) is 18.0 Å². The molecule has 0 aromatic carbocycles. The van der Waals surface area contributed by atoms with Crippen LogP contribution in [0.15, 0.2) is 12.3 Å². The third-order valence-corrected chi connectivity index (χ3v) is 3.38. The van der Waals surface area contributed by atoms with Crippen LogP contribution in [-0.4, -0.2) is 28.5 Å². The molecule has 1 aliphatic heterocycles. The fourth-order valence-electron chi connectivity index (χ4n) is 2.20. The molecule has 0 radical (unpaired) electrons. The Morgan fingerprint density at radius 1 is 1.39 bits per heavy atom. The minimum Gasteiger partial charge on any atom is -0.381 e. The Bertz CT molecular complexity index is 361. The number of nitrogens with zero attached hydrogens (tertiary/aromatic N) is 2. The van der Waals surface area contributed by atoms with Crippen LogP contribution in [0.5, 0.6) is 0 Å². The summed E-state index contributed by atoms with van der Waals surface area (Å²) in [6.45, 7) is 10.3. The van der Waals surface area contributed by atoms with Gasteiger partial charge in [0, 0.05) is 38.0 Å². The van der Waals surface area contributed by atoms with Crippen LogP contribution in [-0.2, 0) is 17.8 Å². The number of rotatable bonds is 4. The van der Waals surface area contributed by atoms with Crippen LogP contribution in [0.1, 0.15) is 39.3 Å². The summed E-state index contributed by atoms with van der Waals surface area (Å²) >= 11 is 0. The molecule has 0 amide bonds. The second-order valence-electron chi connectivity index (χ2n) is 6.16. The molecule has 1 aliphatic rings. The average Bonchev–Trinajstić information content (AvgIpc) is 2.74. The molecule has 1 N–H and O–H groups in total. The minimum absolute atomic E-state index is 0.147. The molecule has 1 fully saturated rings. The van der Waals surface area contributed by atoms with Gasteiger partial charge in [0.15, 0.2) is 0 Å². The summed E-state index contributed by atoms with van der Waals surface area (Å²) in [4.78, 5) is 0. The highest BCUT2D eigenvalue weighted by molar-refractivity contribution is 5.01. The lowest BCUT2D eigenvalue weighted by atomic mass is 10.0. The molecule has 0 bridgehead atoms. The molecule has 1 aromatic rings. The molecule has 0 saturated carbocycles. The molecule has 1 saturated heterocycles. The molecular formula is C14H25N3O. The Morgan fingerprint density at radius 2 is 2.11 bits per heavy atom. The quantitative estimate of drug-likeness (QED) is 0.891. The first-order valence-corrected chi connectivity index (χ1v) is 6.88. The van der Waals surface area contributed by atoms with Gasteiger partial charge in [-0.2, -0.15) is 5.10 Å². The number of aromatic nitrogens is 2. The second-order valence-corrected chi connectivity index (χ2v) is 6.16. The summed E-state index contributed by atoms with van der Waals surface area (Å²) in [7, 11) is 0. The van der Waals surface area contributed by atoms with Gasteiger partial charge in [-0.05, 0) is 45.6 Å². The first kappa shape index (κ1) is 13.6. The molecule has 0 aliphatic carbocycles. The van der Waals surface area contributed by atoms with Crippen molar-refractivity contribution in [1.29, 1.82) is 0 Å². The maximum Gasteiger partial charge on any atom is 0.0522 e.